The van der Waals surface area contributed by atoms with E-state index in [2.05, 4.69) is 10.3 Å². The molecule has 2 heterocycles. The van der Waals surface area contributed by atoms with Gasteiger partial charge in [-0.3, -0.25) is 0 Å². The Hall–Kier alpha value is -2.47. The Balaban J connectivity index is 1.56. The monoisotopic (exact) mass is 299 g/mol. The molecule has 0 radical (unpaired) electrons. The SMILES string of the molecule is Nc1c(NCc2ccc3c(c2)OCO3)ccc2scnc12. The third-order valence-corrected chi connectivity index (χ3v) is 4.26. The molecule has 3 N–H and O–H groups in total. The first-order valence-corrected chi connectivity index (χ1v) is 7.43. The van der Waals surface area contributed by atoms with Crippen LogP contribution in [0.1, 0.15) is 5.56 Å². The van der Waals surface area contributed by atoms with Crippen LogP contribution in [-0.2, 0) is 6.54 Å². The summed E-state index contributed by atoms with van der Waals surface area (Å²) >= 11 is 1.59. The van der Waals surface area contributed by atoms with Gasteiger partial charge < -0.3 is 20.5 Å². The molecule has 0 bridgehead atoms. The van der Waals surface area contributed by atoms with Crippen molar-refractivity contribution >= 4 is 32.9 Å². The lowest BCUT2D eigenvalue weighted by molar-refractivity contribution is 0.174. The molecule has 6 heteroatoms. The number of hydrogen-bond donors (Lipinski definition) is 2. The Morgan fingerprint density at radius 3 is 3.05 bits per heavy atom. The average molecular weight is 299 g/mol. The maximum atomic E-state index is 6.15. The first-order chi connectivity index (χ1) is 10.3. The van der Waals surface area contributed by atoms with Gasteiger partial charge in [0.05, 0.1) is 21.6 Å². The Bertz CT molecular complexity index is 816. The van der Waals surface area contributed by atoms with Crippen LogP contribution in [0, 0.1) is 0 Å². The largest absolute Gasteiger partial charge is 0.454 e. The summed E-state index contributed by atoms with van der Waals surface area (Å²) in [5.74, 6) is 1.58. The highest BCUT2D eigenvalue weighted by molar-refractivity contribution is 7.16. The molecule has 5 nitrogen and oxygen atoms in total. The minimum absolute atomic E-state index is 0.291. The zero-order chi connectivity index (χ0) is 14.2. The molecule has 0 saturated heterocycles. The highest BCUT2D eigenvalue weighted by atomic mass is 32.1. The van der Waals surface area contributed by atoms with Crippen molar-refractivity contribution in [3.63, 3.8) is 0 Å². The maximum Gasteiger partial charge on any atom is 0.231 e. The number of fused-ring (bicyclic) bond motifs is 2. The van der Waals surface area contributed by atoms with E-state index in [4.69, 9.17) is 15.2 Å². The molecule has 0 spiro atoms. The van der Waals surface area contributed by atoms with E-state index in [1.807, 2.05) is 35.8 Å². The molecular formula is C15H13N3O2S. The van der Waals surface area contributed by atoms with E-state index in [1.54, 1.807) is 11.3 Å². The summed E-state index contributed by atoms with van der Waals surface area (Å²) in [7, 11) is 0. The summed E-state index contributed by atoms with van der Waals surface area (Å²) < 4.78 is 11.8. The molecule has 0 aliphatic carbocycles. The lowest BCUT2D eigenvalue weighted by atomic mass is 10.2. The van der Waals surface area contributed by atoms with Crippen molar-refractivity contribution < 1.29 is 9.47 Å². The molecule has 4 rings (SSSR count). The number of aromatic nitrogens is 1. The standard InChI is InChI=1S/C15H13N3O2S/c16-14-10(2-4-13-15(14)18-7-21-13)17-6-9-1-3-11-12(5-9)20-8-19-11/h1-5,7,17H,6,8,16H2. The van der Waals surface area contributed by atoms with Gasteiger partial charge in [0.15, 0.2) is 11.5 Å². The average Bonchev–Trinajstić information content (AvgIpc) is 3.15. The molecule has 106 valence electrons. The van der Waals surface area contributed by atoms with Crippen molar-refractivity contribution in [1.29, 1.82) is 0 Å². The molecule has 1 aliphatic rings. The second-order valence-corrected chi connectivity index (χ2v) is 5.65. The molecular weight excluding hydrogens is 286 g/mol. The number of nitrogens with zero attached hydrogens (tertiary/aromatic N) is 1. The third kappa shape index (κ3) is 2.13. The Labute approximate surface area is 125 Å². The van der Waals surface area contributed by atoms with Crippen LogP contribution in [0.25, 0.3) is 10.2 Å². The minimum atomic E-state index is 0.291. The molecule has 0 amide bonds. The van der Waals surface area contributed by atoms with Crippen LogP contribution in [0.3, 0.4) is 0 Å². The zero-order valence-corrected chi connectivity index (χ0v) is 11.9. The molecule has 1 aliphatic heterocycles. The van der Waals surface area contributed by atoms with Crippen LogP contribution in [0.4, 0.5) is 11.4 Å². The van der Waals surface area contributed by atoms with E-state index in [9.17, 15) is 0 Å². The van der Waals surface area contributed by atoms with Gasteiger partial charge in [0, 0.05) is 6.54 Å². The van der Waals surface area contributed by atoms with Crippen molar-refractivity contribution in [2.45, 2.75) is 6.54 Å². The van der Waals surface area contributed by atoms with E-state index >= 15 is 0 Å². The quantitative estimate of drug-likeness (QED) is 0.727. The lowest BCUT2D eigenvalue weighted by Crippen LogP contribution is -2.02. The molecule has 21 heavy (non-hydrogen) atoms. The number of anilines is 2. The predicted molar refractivity (Wildman–Crippen MR) is 83.9 cm³/mol. The molecule has 0 unspecified atom stereocenters. The molecule has 3 aromatic rings. The molecule has 1 aromatic heterocycles. The van der Waals surface area contributed by atoms with Crippen LogP contribution in [0.2, 0.25) is 0 Å². The number of thiazole rings is 1. The summed E-state index contributed by atoms with van der Waals surface area (Å²) in [5.41, 5.74) is 11.5. The van der Waals surface area contributed by atoms with Gasteiger partial charge in [-0.05, 0) is 29.8 Å². The van der Waals surface area contributed by atoms with Crippen molar-refractivity contribution in [3.8, 4) is 11.5 Å². The van der Waals surface area contributed by atoms with E-state index in [-0.39, 0.29) is 0 Å². The Morgan fingerprint density at radius 2 is 2.10 bits per heavy atom. The van der Waals surface area contributed by atoms with Crippen molar-refractivity contribution in [2.75, 3.05) is 17.8 Å². The summed E-state index contributed by atoms with van der Waals surface area (Å²) in [5, 5.41) is 3.35. The third-order valence-electron chi connectivity index (χ3n) is 3.46. The fourth-order valence-electron chi connectivity index (χ4n) is 2.35. The highest BCUT2D eigenvalue weighted by Gasteiger charge is 2.13. The van der Waals surface area contributed by atoms with Crippen LogP contribution in [-0.4, -0.2) is 11.8 Å². The number of nitrogen functional groups attached to an aromatic ring is 1. The van der Waals surface area contributed by atoms with Crippen LogP contribution < -0.4 is 20.5 Å². The van der Waals surface area contributed by atoms with Gasteiger partial charge in [0.25, 0.3) is 0 Å². The van der Waals surface area contributed by atoms with Gasteiger partial charge in [0.1, 0.15) is 5.52 Å². The number of hydrogen-bond acceptors (Lipinski definition) is 6. The predicted octanol–water partition coefficient (Wildman–Crippen LogP) is 3.22. The van der Waals surface area contributed by atoms with Gasteiger partial charge in [0.2, 0.25) is 6.79 Å². The van der Waals surface area contributed by atoms with Crippen molar-refractivity contribution in [3.05, 3.63) is 41.4 Å². The van der Waals surface area contributed by atoms with E-state index < -0.39 is 0 Å². The first-order valence-electron chi connectivity index (χ1n) is 6.55. The van der Waals surface area contributed by atoms with Gasteiger partial charge in [-0.1, -0.05) is 6.07 Å². The number of ether oxygens (including phenoxy) is 2. The van der Waals surface area contributed by atoms with Crippen LogP contribution >= 0.6 is 11.3 Å². The smallest absolute Gasteiger partial charge is 0.231 e. The second kappa shape index (κ2) is 4.82. The fraction of sp³-hybridized carbons (Fsp3) is 0.133. The van der Waals surface area contributed by atoms with Gasteiger partial charge in [-0.25, -0.2) is 4.98 Å². The van der Waals surface area contributed by atoms with Crippen LogP contribution in [0.15, 0.2) is 35.8 Å². The van der Waals surface area contributed by atoms with E-state index in [0.717, 1.165) is 33.0 Å². The Kier molecular flexibility index (Phi) is 2.82. The topological polar surface area (TPSA) is 69.4 Å². The normalized spacial score (nSPS) is 12.8. The number of nitrogens with one attached hydrogen (secondary N) is 1. The summed E-state index contributed by atoms with van der Waals surface area (Å²) in [6.45, 7) is 0.955. The summed E-state index contributed by atoms with van der Waals surface area (Å²) in [6, 6.07) is 9.94. The molecule has 0 atom stereocenters. The Morgan fingerprint density at radius 1 is 1.19 bits per heavy atom. The fourth-order valence-corrected chi connectivity index (χ4v) is 3.05. The number of benzene rings is 2. The lowest BCUT2D eigenvalue weighted by Gasteiger charge is -2.10. The molecule has 0 fully saturated rings. The van der Waals surface area contributed by atoms with Crippen LogP contribution in [0.5, 0.6) is 11.5 Å². The zero-order valence-electron chi connectivity index (χ0n) is 11.1. The summed E-state index contributed by atoms with van der Waals surface area (Å²) in [4.78, 5) is 4.30. The van der Waals surface area contributed by atoms with Gasteiger partial charge >= 0.3 is 0 Å². The van der Waals surface area contributed by atoms with Crippen molar-refractivity contribution in [2.24, 2.45) is 0 Å². The number of nitrogens with two attached hydrogens (primary N) is 1. The van der Waals surface area contributed by atoms with E-state index in [1.165, 1.54) is 0 Å². The van der Waals surface area contributed by atoms with Gasteiger partial charge in [-0.2, -0.15) is 0 Å². The van der Waals surface area contributed by atoms with Crippen molar-refractivity contribution in [1.82, 2.24) is 4.98 Å². The van der Waals surface area contributed by atoms with E-state index in [0.29, 0.717) is 19.0 Å². The first kappa shape index (κ1) is 12.3. The second-order valence-electron chi connectivity index (χ2n) is 4.77. The molecule has 2 aromatic carbocycles. The summed E-state index contributed by atoms with van der Waals surface area (Å²) in [6.07, 6.45) is 0. The maximum absolute atomic E-state index is 6.15. The minimum Gasteiger partial charge on any atom is -0.454 e. The number of rotatable bonds is 3. The van der Waals surface area contributed by atoms with Gasteiger partial charge in [-0.15, -0.1) is 11.3 Å². The molecule has 0 saturated carbocycles. The highest BCUT2D eigenvalue weighted by Crippen LogP contribution is 2.33.